The van der Waals surface area contributed by atoms with Gasteiger partial charge in [-0.15, -0.1) is 0 Å². The third kappa shape index (κ3) is 253. The molecule has 21 heteroatoms. The minimum atomic E-state index is -6.00. The number of hydrogen-bond acceptors (Lipinski definition) is 4. The van der Waals surface area contributed by atoms with Gasteiger partial charge < -0.3 is 53.2 Å². The van der Waals surface area contributed by atoms with E-state index < -0.39 is 32.2 Å². The van der Waals surface area contributed by atoms with Crippen molar-refractivity contribution in [1.29, 1.82) is 0 Å². The van der Waals surface area contributed by atoms with Crippen LogP contribution in [0.5, 0.6) is 0 Å². The van der Waals surface area contributed by atoms with Gasteiger partial charge in [0.2, 0.25) is 0 Å². The number of hydrogen-bond donors (Lipinski definition) is 0. The van der Waals surface area contributed by atoms with Crippen molar-refractivity contribution < 1.29 is 88.9 Å². The monoisotopic (exact) mass is 395 g/mol. The molecule has 0 aromatic carbocycles. The van der Waals surface area contributed by atoms with E-state index in [4.69, 9.17) is 0 Å². The Morgan fingerprint density at radius 3 is 0.696 bits per heavy atom. The standard InChI is InChI=1S/C2H6O4S.3BF4.Li.H/c1-5-7(3,4)6-2;3*2-1(3,4)5;;/h1-2H3;;;;;/q;3*-1;+1;-1. The summed E-state index contributed by atoms with van der Waals surface area (Å²) in [6.07, 6.45) is 0. The molecule has 0 aliphatic rings. The minimum absolute atomic E-state index is 0. The van der Waals surface area contributed by atoms with E-state index in [1.165, 1.54) is 0 Å². The van der Waals surface area contributed by atoms with Crippen molar-refractivity contribution in [1.82, 2.24) is 0 Å². The van der Waals surface area contributed by atoms with Gasteiger partial charge in [0, 0.05) is 0 Å². The molecule has 0 N–H and O–H groups in total. The summed E-state index contributed by atoms with van der Waals surface area (Å²) in [6, 6.07) is 0. The molecule has 0 aliphatic heterocycles. The Hall–Kier alpha value is -0.178. The number of halogens is 12. The van der Waals surface area contributed by atoms with Crippen molar-refractivity contribution in [3.05, 3.63) is 0 Å². The number of rotatable bonds is 2. The van der Waals surface area contributed by atoms with Crippen molar-refractivity contribution >= 4 is 32.2 Å². The summed E-state index contributed by atoms with van der Waals surface area (Å²) in [5, 5.41) is 0. The molecule has 142 valence electrons. The van der Waals surface area contributed by atoms with Crippen LogP contribution in [-0.2, 0) is 18.8 Å². The molecule has 0 aromatic rings. The predicted molar refractivity (Wildman–Crippen MR) is 54.6 cm³/mol. The third-order valence-electron chi connectivity index (χ3n) is 0.408. The first-order valence-electron chi connectivity index (χ1n) is 4.10. The summed E-state index contributed by atoms with van der Waals surface area (Å²) in [5.41, 5.74) is 0. The van der Waals surface area contributed by atoms with Crippen LogP contribution in [0.1, 0.15) is 1.43 Å². The van der Waals surface area contributed by atoms with Gasteiger partial charge in [-0.2, -0.15) is 8.42 Å². The van der Waals surface area contributed by atoms with Crippen molar-refractivity contribution in [3.63, 3.8) is 0 Å². The first-order valence-corrected chi connectivity index (χ1v) is 5.44. The summed E-state index contributed by atoms with van der Waals surface area (Å²) in [4.78, 5) is 0. The van der Waals surface area contributed by atoms with Crippen molar-refractivity contribution in [3.8, 4) is 0 Å². The predicted octanol–water partition coefficient (Wildman–Crippen LogP) is 0.540. The Morgan fingerprint density at radius 2 is 0.696 bits per heavy atom. The van der Waals surface area contributed by atoms with Crippen LogP contribution in [-0.4, -0.2) is 44.4 Å². The fourth-order valence-electron chi connectivity index (χ4n) is 0.0680. The van der Waals surface area contributed by atoms with E-state index in [2.05, 4.69) is 8.37 Å². The Morgan fingerprint density at radius 1 is 0.609 bits per heavy atom. The molecule has 0 unspecified atom stereocenters. The second-order valence-electron chi connectivity index (χ2n) is 2.23. The molecule has 0 amide bonds. The first-order chi connectivity index (χ1) is 9.12. The normalized spacial score (nSPS) is 11.4. The molecule has 0 radical (unpaired) electrons. The Bertz CT molecular complexity index is 300. The third-order valence-corrected chi connectivity index (χ3v) is 1.22. The SMILES string of the molecule is COS(=O)(=O)OC.F[B-](F)(F)F.F[B-](F)(F)F.F[B-](F)(F)F.[H-].[Li+]. The van der Waals surface area contributed by atoms with Gasteiger partial charge in [-0.3, -0.25) is 8.37 Å². The molecule has 0 atom stereocenters. The molecular formula is C2H7B3F12LiO4S-3. The molecule has 4 nitrogen and oxygen atoms in total. The van der Waals surface area contributed by atoms with Crippen molar-refractivity contribution in [2.24, 2.45) is 0 Å². The van der Waals surface area contributed by atoms with Crippen LogP contribution in [0.2, 0.25) is 0 Å². The maximum Gasteiger partial charge on any atom is 1.00 e. The van der Waals surface area contributed by atoms with E-state index in [0.717, 1.165) is 14.2 Å². The second-order valence-corrected chi connectivity index (χ2v) is 3.71. The maximum absolute atomic E-state index is 9.92. The average Bonchev–Trinajstić information content (AvgIpc) is 2.09. The molecule has 0 heterocycles. The zero-order valence-corrected chi connectivity index (χ0v) is 12.1. The summed E-state index contributed by atoms with van der Waals surface area (Å²) in [6.45, 7) is 0. The molecule has 0 spiro atoms. The van der Waals surface area contributed by atoms with E-state index in [1.54, 1.807) is 0 Å². The van der Waals surface area contributed by atoms with Crippen LogP contribution < -0.4 is 18.9 Å². The van der Waals surface area contributed by atoms with E-state index in [0.29, 0.717) is 0 Å². The van der Waals surface area contributed by atoms with Crippen molar-refractivity contribution in [2.75, 3.05) is 14.2 Å². The molecule has 0 rings (SSSR count). The Kier molecular flexibility index (Phi) is 21.1. The summed E-state index contributed by atoms with van der Waals surface area (Å²) >= 11 is 0. The van der Waals surface area contributed by atoms with Crippen molar-refractivity contribution in [2.45, 2.75) is 0 Å². The molecule has 0 aliphatic carbocycles. The zero-order valence-electron chi connectivity index (χ0n) is 12.3. The molecule has 23 heavy (non-hydrogen) atoms. The molecule has 0 bridgehead atoms. The van der Waals surface area contributed by atoms with Gasteiger partial charge in [-0.05, 0) is 0 Å². The summed E-state index contributed by atoms with van der Waals surface area (Å²) < 4.78 is 145. The van der Waals surface area contributed by atoms with E-state index in [1.807, 2.05) is 0 Å². The fraction of sp³-hybridized carbons (Fsp3) is 1.00. The smallest absolute Gasteiger partial charge is 1.00 e. The van der Waals surface area contributed by atoms with E-state index in [9.17, 15) is 60.2 Å². The average molecular weight is 394 g/mol. The van der Waals surface area contributed by atoms with Gasteiger partial charge in [-0.25, -0.2) is 0 Å². The molecular weight excluding hydrogens is 387 g/mol. The fourth-order valence-corrected chi connectivity index (χ4v) is 0.204. The Balaban J connectivity index is -0.0000000443. The molecule has 0 fully saturated rings. The van der Waals surface area contributed by atoms with Gasteiger partial charge in [0.1, 0.15) is 0 Å². The van der Waals surface area contributed by atoms with Gasteiger partial charge in [-0.1, -0.05) is 0 Å². The minimum Gasteiger partial charge on any atom is -1.00 e. The quantitative estimate of drug-likeness (QED) is 0.507. The summed E-state index contributed by atoms with van der Waals surface area (Å²) in [7, 11) is -19.6. The van der Waals surface area contributed by atoms with Gasteiger partial charge in [0.25, 0.3) is 0 Å². The first kappa shape index (κ1) is 34.2. The molecule has 0 aromatic heterocycles. The van der Waals surface area contributed by atoms with E-state index in [-0.39, 0.29) is 20.3 Å². The molecule has 0 saturated heterocycles. The van der Waals surface area contributed by atoms with Crippen LogP contribution in [0.4, 0.5) is 51.8 Å². The largest absolute Gasteiger partial charge is 1.00 e. The zero-order chi connectivity index (χ0) is 19.4. The maximum atomic E-state index is 9.92. The van der Waals surface area contributed by atoms with Gasteiger partial charge in [0.15, 0.2) is 0 Å². The van der Waals surface area contributed by atoms with Crippen LogP contribution in [0.3, 0.4) is 0 Å². The van der Waals surface area contributed by atoms with Crippen LogP contribution in [0.15, 0.2) is 0 Å². The topological polar surface area (TPSA) is 52.6 Å². The Labute approximate surface area is 136 Å². The van der Waals surface area contributed by atoms with E-state index >= 15 is 0 Å². The van der Waals surface area contributed by atoms with Gasteiger partial charge in [0.05, 0.1) is 14.2 Å². The molecule has 0 saturated carbocycles. The van der Waals surface area contributed by atoms with Crippen LogP contribution in [0, 0.1) is 0 Å². The van der Waals surface area contributed by atoms with Gasteiger partial charge >= 0.3 is 51.0 Å². The second kappa shape index (κ2) is 14.2. The van der Waals surface area contributed by atoms with Crippen LogP contribution >= 0.6 is 0 Å². The van der Waals surface area contributed by atoms with Crippen LogP contribution in [0.25, 0.3) is 0 Å². The summed E-state index contributed by atoms with van der Waals surface area (Å²) in [5.74, 6) is 0.